The number of nitrogens with zero attached hydrogens (tertiary/aromatic N) is 2. The Labute approximate surface area is 178 Å². The standard InChI is InChI=1S/C25H28N4O/c30-25(27-22-12-6-2-7-13-22)26-20-24(21-10-4-1-5-11-21)29-18-16-28(17-19-29)23-14-8-3-9-15-23/h1-15,24H,16-20H2,(H2,26,27,30). The molecule has 0 aliphatic carbocycles. The molecule has 0 radical (unpaired) electrons. The molecule has 2 amide bonds. The average Bonchev–Trinajstić information content (AvgIpc) is 2.81. The first-order valence-corrected chi connectivity index (χ1v) is 10.5. The summed E-state index contributed by atoms with van der Waals surface area (Å²) < 4.78 is 0. The molecule has 1 atom stereocenters. The predicted octanol–water partition coefficient (Wildman–Crippen LogP) is 4.37. The van der Waals surface area contributed by atoms with Crippen molar-refractivity contribution in [1.29, 1.82) is 0 Å². The van der Waals surface area contributed by atoms with Gasteiger partial charge in [0, 0.05) is 44.1 Å². The first kappa shape index (κ1) is 20.0. The smallest absolute Gasteiger partial charge is 0.319 e. The summed E-state index contributed by atoms with van der Waals surface area (Å²) in [5.41, 5.74) is 3.29. The number of amides is 2. The van der Waals surface area contributed by atoms with E-state index in [1.807, 2.05) is 36.4 Å². The minimum atomic E-state index is -0.176. The number of rotatable bonds is 6. The minimum Gasteiger partial charge on any atom is -0.369 e. The summed E-state index contributed by atoms with van der Waals surface area (Å²) >= 11 is 0. The van der Waals surface area contributed by atoms with Crippen LogP contribution in [0.25, 0.3) is 0 Å². The summed E-state index contributed by atoms with van der Waals surface area (Å²) in [6, 6.07) is 30.5. The van der Waals surface area contributed by atoms with Crippen molar-refractivity contribution in [1.82, 2.24) is 10.2 Å². The molecule has 2 N–H and O–H groups in total. The van der Waals surface area contributed by atoms with E-state index in [2.05, 4.69) is 75.0 Å². The molecule has 1 heterocycles. The quantitative estimate of drug-likeness (QED) is 0.646. The molecule has 0 spiro atoms. The Hall–Kier alpha value is -3.31. The molecule has 30 heavy (non-hydrogen) atoms. The molecular weight excluding hydrogens is 372 g/mol. The Morgan fingerprint density at radius 3 is 1.97 bits per heavy atom. The monoisotopic (exact) mass is 400 g/mol. The second-order valence-electron chi connectivity index (χ2n) is 7.49. The lowest BCUT2D eigenvalue weighted by Gasteiger charge is -2.40. The summed E-state index contributed by atoms with van der Waals surface area (Å²) in [4.78, 5) is 17.3. The van der Waals surface area contributed by atoms with Crippen molar-refractivity contribution in [3.63, 3.8) is 0 Å². The van der Waals surface area contributed by atoms with Crippen molar-refractivity contribution in [3.8, 4) is 0 Å². The number of benzene rings is 3. The van der Waals surface area contributed by atoms with Gasteiger partial charge in [0.25, 0.3) is 0 Å². The Balaban J connectivity index is 1.39. The Bertz CT molecular complexity index is 910. The zero-order chi connectivity index (χ0) is 20.6. The van der Waals surface area contributed by atoms with Gasteiger partial charge in [0.2, 0.25) is 0 Å². The molecule has 1 saturated heterocycles. The number of hydrogen-bond acceptors (Lipinski definition) is 3. The summed E-state index contributed by atoms with van der Waals surface area (Å²) in [6.45, 7) is 4.42. The van der Waals surface area contributed by atoms with Crippen LogP contribution in [0.4, 0.5) is 16.2 Å². The highest BCUT2D eigenvalue weighted by molar-refractivity contribution is 5.89. The van der Waals surface area contributed by atoms with Gasteiger partial charge in [-0.3, -0.25) is 4.90 Å². The van der Waals surface area contributed by atoms with Crippen LogP contribution in [0.5, 0.6) is 0 Å². The molecule has 0 saturated carbocycles. The number of urea groups is 1. The molecule has 1 aliphatic rings. The van der Waals surface area contributed by atoms with Crippen molar-refractivity contribution >= 4 is 17.4 Å². The van der Waals surface area contributed by atoms with Gasteiger partial charge in [-0.25, -0.2) is 4.79 Å². The summed E-state index contributed by atoms with van der Waals surface area (Å²) in [5.74, 6) is 0. The van der Waals surface area contributed by atoms with Gasteiger partial charge in [0.05, 0.1) is 6.04 Å². The van der Waals surface area contributed by atoms with E-state index in [4.69, 9.17) is 0 Å². The third kappa shape index (κ3) is 5.19. The predicted molar refractivity (Wildman–Crippen MR) is 123 cm³/mol. The van der Waals surface area contributed by atoms with Crippen LogP contribution in [0.3, 0.4) is 0 Å². The lowest BCUT2D eigenvalue weighted by Crippen LogP contribution is -2.50. The van der Waals surface area contributed by atoms with E-state index in [1.54, 1.807) is 0 Å². The van der Waals surface area contributed by atoms with Gasteiger partial charge in [-0.05, 0) is 29.8 Å². The SMILES string of the molecule is O=C(NCC(c1ccccc1)N1CCN(c2ccccc2)CC1)Nc1ccccc1. The van der Waals surface area contributed by atoms with E-state index in [0.29, 0.717) is 6.54 Å². The van der Waals surface area contributed by atoms with Gasteiger partial charge in [-0.1, -0.05) is 66.7 Å². The molecule has 0 aromatic heterocycles. The fourth-order valence-corrected chi connectivity index (χ4v) is 3.95. The summed E-state index contributed by atoms with van der Waals surface area (Å²) in [7, 11) is 0. The second-order valence-corrected chi connectivity index (χ2v) is 7.49. The number of carbonyl (C=O) groups is 1. The first-order valence-electron chi connectivity index (χ1n) is 10.5. The van der Waals surface area contributed by atoms with E-state index in [-0.39, 0.29) is 12.1 Å². The van der Waals surface area contributed by atoms with Crippen LogP contribution in [0.2, 0.25) is 0 Å². The molecule has 1 aliphatic heterocycles. The van der Waals surface area contributed by atoms with E-state index >= 15 is 0 Å². The van der Waals surface area contributed by atoms with Crippen molar-refractivity contribution in [2.75, 3.05) is 42.9 Å². The fourth-order valence-electron chi connectivity index (χ4n) is 3.95. The van der Waals surface area contributed by atoms with E-state index in [9.17, 15) is 4.79 Å². The minimum absolute atomic E-state index is 0.144. The van der Waals surface area contributed by atoms with Crippen molar-refractivity contribution in [3.05, 3.63) is 96.6 Å². The number of piperazine rings is 1. The lowest BCUT2D eigenvalue weighted by atomic mass is 10.0. The fraction of sp³-hybridized carbons (Fsp3) is 0.240. The molecule has 3 aromatic carbocycles. The average molecular weight is 401 g/mol. The van der Waals surface area contributed by atoms with Crippen LogP contribution in [0.15, 0.2) is 91.0 Å². The molecule has 3 aromatic rings. The highest BCUT2D eigenvalue weighted by Crippen LogP contribution is 2.24. The first-order chi connectivity index (χ1) is 14.8. The third-order valence-electron chi connectivity index (χ3n) is 5.55. The Morgan fingerprint density at radius 2 is 1.33 bits per heavy atom. The van der Waals surface area contributed by atoms with Crippen LogP contribution >= 0.6 is 0 Å². The number of para-hydroxylation sites is 2. The van der Waals surface area contributed by atoms with Crippen molar-refractivity contribution in [2.24, 2.45) is 0 Å². The van der Waals surface area contributed by atoms with Crippen LogP contribution < -0.4 is 15.5 Å². The molecule has 154 valence electrons. The summed E-state index contributed by atoms with van der Waals surface area (Å²) in [5, 5.41) is 5.97. The highest BCUT2D eigenvalue weighted by atomic mass is 16.2. The van der Waals surface area contributed by atoms with Gasteiger partial charge in [0.1, 0.15) is 0 Å². The van der Waals surface area contributed by atoms with Crippen LogP contribution in [-0.4, -0.2) is 43.7 Å². The van der Waals surface area contributed by atoms with Crippen LogP contribution in [0, 0.1) is 0 Å². The molecule has 0 bridgehead atoms. The zero-order valence-corrected chi connectivity index (χ0v) is 17.1. The topological polar surface area (TPSA) is 47.6 Å². The van der Waals surface area contributed by atoms with Gasteiger partial charge in [-0.2, -0.15) is 0 Å². The largest absolute Gasteiger partial charge is 0.369 e. The molecule has 1 fully saturated rings. The molecule has 5 heteroatoms. The maximum absolute atomic E-state index is 12.4. The Morgan fingerprint density at radius 1 is 0.767 bits per heavy atom. The zero-order valence-electron chi connectivity index (χ0n) is 17.1. The van der Waals surface area contributed by atoms with Crippen molar-refractivity contribution in [2.45, 2.75) is 6.04 Å². The highest BCUT2D eigenvalue weighted by Gasteiger charge is 2.25. The molecule has 1 unspecified atom stereocenters. The lowest BCUT2D eigenvalue weighted by molar-refractivity contribution is 0.182. The number of anilines is 2. The molecular formula is C25H28N4O. The van der Waals surface area contributed by atoms with E-state index in [1.165, 1.54) is 11.3 Å². The third-order valence-corrected chi connectivity index (χ3v) is 5.55. The number of nitrogens with one attached hydrogen (secondary N) is 2. The maximum atomic E-state index is 12.4. The van der Waals surface area contributed by atoms with Gasteiger partial charge < -0.3 is 15.5 Å². The number of hydrogen-bond donors (Lipinski definition) is 2. The second kappa shape index (κ2) is 9.94. The van der Waals surface area contributed by atoms with E-state index < -0.39 is 0 Å². The van der Waals surface area contributed by atoms with Gasteiger partial charge in [0.15, 0.2) is 0 Å². The summed E-state index contributed by atoms with van der Waals surface area (Å²) in [6.07, 6.45) is 0. The Kier molecular flexibility index (Phi) is 6.62. The van der Waals surface area contributed by atoms with E-state index in [0.717, 1.165) is 31.9 Å². The number of carbonyl (C=O) groups excluding carboxylic acids is 1. The molecule has 5 nitrogen and oxygen atoms in total. The van der Waals surface area contributed by atoms with Crippen molar-refractivity contribution < 1.29 is 4.79 Å². The van der Waals surface area contributed by atoms with Gasteiger partial charge in [-0.15, -0.1) is 0 Å². The maximum Gasteiger partial charge on any atom is 0.319 e. The van der Waals surface area contributed by atoms with Crippen LogP contribution in [-0.2, 0) is 0 Å². The van der Waals surface area contributed by atoms with Crippen LogP contribution in [0.1, 0.15) is 11.6 Å². The van der Waals surface area contributed by atoms with Gasteiger partial charge >= 0.3 is 6.03 Å². The molecule has 4 rings (SSSR count). The normalized spacial score (nSPS) is 15.4.